The minimum Gasteiger partial charge on any atom is -0.230 e. The maximum Gasteiger partial charge on any atom is 0.416 e. The van der Waals surface area contributed by atoms with Crippen LogP contribution in [0.3, 0.4) is 0 Å². The summed E-state index contributed by atoms with van der Waals surface area (Å²) in [5, 5.41) is 0. The van der Waals surface area contributed by atoms with Gasteiger partial charge in [-0.25, -0.2) is 9.13 Å². The van der Waals surface area contributed by atoms with E-state index in [0.29, 0.717) is 5.52 Å². The Balaban J connectivity index is 2.26. The van der Waals surface area contributed by atoms with Crippen molar-refractivity contribution in [2.75, 3.05) is 0 Å². The first-order chi connectivity index (χ1) is 8.48. The Morgan fingerprint density at radius 1 is 1.22 bits per heavy atom. The average Bonchev–Trinajstić information content (AvgIpc) is 2.63. The largest absolute Gasteiger partial charge is 0.416 e. The quantitative estimate of drug-likeness (QED) is 0.640. The van der Waals surface area contributed by atoms with Gasteiger partial charge in [-0.15, -0.1) is 0 Å². The first kappa shape index (κ1) is 11.6. The maximum absolute atomic E-state index is 12.7. The van der Waals surface area contributed by atoms with Crippen molar-refractivity contribution in [3.05, 3.63) is 29.6 Å². The molecule has 3 rings (SSSR count). The van der Waals surface area contributed by atoms with Gasteiger partial charge in [-0.05, 0) is 25.0 Å². The van der Waals surface area contributed by atoms with Crippen molar-refractivity contribution in [2.24, 2.45) is 7.05 Å². The SMILES string of the molecule is Cn1c2[n+](c3ccc(C(F)(F)F)cc31)CCCC2. The molecule has 0 aliphatic carbocycles. The van der Waals surface area contributed by atoms with Crippen LogP contribution < -0.4 is 4.57 Å². The van der Waals surface area contributed by atoms with Crippen LogP contribution in [0.5, 0.6) is 0 Å². The van der Waals surface area contributed by atoms with Crippen LogP contribution in [0.4, 0.5) is 13.2 Å². The van der Waals surface area contributed by atoms with E-state index in [0.717, 1.165) is 37.1 Å². The smallest absolute Gasteiger partial charge is 0.230 e. The molecule has 1 aromatic carbocycles. The van der Waals surface area contributed by atoms with Crippen LogP contribution in [0, 0.1) is 0 Å². The zero-order chi connectivity index (χ0) is 12.9. The lowest BCUT2D eigenvalue weighted by Crippen LogP contribution is -2.40. The van der Waals surface area contributed by atoms with E-state index < -0.39 is 11.7 Å². The molecule has 2 heterocycles. The third-order valence-electron chi connectivity index (χ3n) is 3.69. The number of alkyl halides is 3. The van der Waals surface area contributed by atoms with Crippen molar-refractivity contribution in [3.8, 4) is 0 Å². The number of halogens is 3. The second-order valence-corrected chi connectivity index (χ2v) is 4.79. The van der Waals surface area contributed by atoms with Gasteiger partial charge in [-0.3, -0.25) is 0 Å². The van der Waals surface area contributed by atoms with Gasteiger partial charge in [0.25, 0.3) is 5.82 Å². The molecule has 0 bridgehead atoms. The average molecular weight is 255 g/mol. The zero-order valence-corrected chi connectivity index (χ0v) is 10.1. The Kier molecular flexibility index (Phi) is 2.40. The highest BCUT2D eigenvalue weighted by Gasteiger charge is 2.33. The fourth-order valence-corrected chi connectivity index (χ4v) is 2.76. The monoisotopic (exact) mass is 255 g/mol. The van der Waals surface area contributed by atoms with E-state index in [2.05, 4.69) is 4.57 Å². The normalized spacial score (nSPS) is 16.0. The number of hydrogen-bond acceptors (Lipinski definition) is 0. The molecule has 18 heavy (non-hydrogen) atoms. The van der Waals surface area contributed by atoms with E-state index in [1.807, 2.05) is 11.6 Å². The minimum absolute atomic E-state index is 0.575. The molecule has 0 saturated carbocycles. The van der Waals surface area contributed by atoms with Gasteiger partial charge in [0.05, 0.1) is 19.2 Å². The van der Waals surface area contributed by atoms with Crippen LogP contribution in [0.25, 0.3) is 11.0 Å². The highest BCUT2D eigenvalue weighted by Crippen LogP contribution is 2.31. The topological polar surface area (TPSA) is 8.81 Å². The highest BCUT2D eigenvalue weighted by atomic mass is 19.4. The summed E-state index contributed by atoms with van der Waals surface area (Å²) in [4.78, 5) is 0. The van der Waals surface area contributed by atoms with Crippen molar-refractivity contribution in [2.45, 2.75) is 32.0 Å². The maximum atomic E-state index is 12.7. The van der Waals surface area contributed by atoms with Gasteiger partial charge in [0.15, 0.2) is 11.0 Å². The minimum atomic E-state index is -4.27. The molecule has 0 atom stereocenters. The Morgan fingerprint density at radius 3 is 2.72 bits per heavy atom. The standard InChI is InChI=1S/C13H14F3N2/c1-17-11-8-9(13(14,15)16)5-6-10(11)18-7-3-2-4-12(17)18/h5-6,8H,2-4,7H2,1H3/q+1. The van der Waals surface area contributed by atoms with Crippen molar-refractivity contribution in [3.63, 3.8) is 0 Å². The summed E-state index contributed by atoms with van der Waals surface area (Å²) in [7, 11) is 1.85. The Hall–Kier alpha value is -1.52. The van der Waals surface area contributed by atoms with Gasteiger partial charge in [-0.1, -0.05) is 0 Å². The molecule has 5 heteroatoms. The van der Waals surface area contributed by atoms with Crippen molar-refractivity contribution < 1.29 is 17.7 Å². The van der Waals surface area contributed by atoms with E-state index in [9.17, 15) is 13.2 Å². The van der Waals surface area contributed by atoms with E-state index in [4.69, 9.17) is 0 Å². The summed E-state index contributed by atoms with van der Waals surface area (Å²) in [6.45, 7) is 0.901. The Labute approximate surface area is 103 Å². The number of imidazole rings is 1. The molecule has 1 aliphatic rings. The predicted octanol–water partition coefficient (Wildman–Crippen LogP) is 2.82. The second kappa shape index (κ2) is 3.73. The molecule has 1 aliphatic heterocycles. The summed E-state index contributed by atoms with van der Waals surface area (Å²) in [6, 6.07) is 4.01. The fraction of sp³-hybridized carbons (Fsp3) is 0.462. The van der Waals surface area contributed by atoms with Crippen LogP contribution >= 0.6 is 0 Å². The lowest BCUT2D eigenvalue weighted by Gasteiger charge is -2.08. The number of nitrogens with zero attached hydrogens (tertiary/aromatic N) is 2. The molecule has 0 amide bonds. The number of aryl methyl sites for hydroxylation is 2. The molecule has 96 valence electrons. The van der Waals surface area contributed by atoms with Crippen LogP contribution in [0.1, 0.15) is 24.2 Å². The number of hydrogen-bond donors (Lipinski definition) is 0. The predicted molar refractivity (Wildman–Crippen MR) is 61.1 cm³/mol. The van der Waals surface area contributed by atoms with Crippen LogP contribution in [0.2, 0.25) is 0 Å². The summed E-state index contributed by atoms with van der Waals surface area (Å²) in [5.41, 5.74) is 0.996. The van der Waals surface area contributed by atoms with Gasteiger partial charge in [0.2, 0.25) is 0 Å². The molecule has 0 N–H and O–H groups in total. The molecule has 0 unspecified atom stereocenters. The fourth-order valence-electron chi connectivity index (χ4n) is 2.76. The lowest BCUT2D eigenvalue weighted by molar-refractivity contribution is -0.685. The van der Waals surface area contributed by atoms with Gasteiger partial charge in [0, 0.05) is 12.5 Å². The second-order valence-electron chi connectivity index (χ2n) is 4.79. The Bertz CT molecular complexity index is 611. The summed E-state index contributed by atoms with van der Waals surface area (Å²) >= 11 is 0. The number of fused-ring (bicyclic) bond motifs is 3. The highest BCUT2D eigenvalue weighted by molar-refractivity contribution is 5.73. The molecule has 1 aromatic heterocycles. The van der Waals surface area contributed by atoms with E-state index in [1.165, 1.54) is 12.1 Å². The van der Waals surface area contributed by atoms with Gasteiger partial charge in [0.1, 0.15) is 0 Å². The first-order valence-corrected chi connectivity index (χ1v) is 6.07. The van der Waals surface area contributed by atoms with Crippen molar-refractivity contribution >= 4 is 11.0 Å². The molecule has 0 fully saturated rings. The van der Waals surface area contributed by atoms with E-state index >= 15 is 0 Å². The molecule has 0 saturated heterocycles. The van der Waals surface area contributed by atoms with Crippen molar-refractivity contribution in [1.29, 1.82) is 0 Å². The molecule has 0 radical (unpaired) electrons. The van der Waals surface area contributed by atoms with Crippen LogP contribution in [-0.4, -0.2) is 4.57 Å². The zero-order valence-electron chi connectivity index (χ0n) is 10.1. The summed E-state index contributed by atoms with van der Waals surface area (Å²) < 4.78 is 42.2. The molecule has 0 spiro atoms. The molecular formula is C13H14F3N2+. The van der Waals surface area contributed by atoms with Crippen molar-refractivity contribution in [1.82, 2.24) is 4.57 Å². The molecular weight excluding hydrogens is 241 g/mol. The third-order valence-corrected chi connectivity index (χ3v) is 3.69. The molecule has 2 aromatic rings. The number of benzene rings is 1. The van der Waals surface area contributed by atoms with Crippen LogP contribution in [-0.2, 0) is 26.2 Å². The van der Waals surface area contributed by atoms with Gasteiger partial charge in [-0.2, -0.15) is 13.2 Å². The molecule has 2 nitrogen and oxygen atoms in total. The third kappa shape index (κ3) is 1.61. The van der Waals surface area contributed by atoms with E-state index in [-0.39, 0.29) is 0 Å². The lowest BCUT2D eigenvalue weighted by atomic mass is 10.1. The number of aromatic nitrogens is 2. The van der Waals surface area contributed by atoms with Gasteiger partial charge >= 0.3 is 6.18 Å². The number of rotatable bonds is 0. The first-order valence-electron chi connectivity index (χ1n) is 6.07. The summed E-state index contributed by atoms with van der Waals surface area (Å²) in [6.07, 6.45) is -1.13. The summed E-state index contributed by atoms with van der Waals surface area (Å²) in [5.74, 6) is 1.12. The Morgan fingerprint density at radius 2 is 2.00 bits per heavy atom. The van der Waals surface area contributed by atoms with Crippen LogP contribution in [0.15, 0.2) is 18.2 Å². The van der Waals surface area contributed by atoms with Gasteiger partial charge < -0.3 is 0 Å². The van der Waals surface area contributed by atoms with E-state index in [1.54, 1.807) is 6.07 Å².